The summed E-state index contributed by atoms with van der Waals surface area (Å²) in [6, 6.07) is 2.01. The Kier molecular flexibility index (Phi) is 5.79. The molecule has 0 unspecified atom stereocenters. The van der Waals surface area contributed by atoms with E-state index in [2.05, 4.69) is 0 Å². The van der Waals surface area contributed by atoms with Crippen LogP contribution in [-0.2, 0) is 14.8 Å². The lowest BCUT2D eigenvalue weighted by Crippen LogP contribution is -2.55. The molecule has 0 N–H and O–H groups in total. The number of hydrogen-bond donors (Lipinski definition) is 0. The molecule has 0 aromatic heterocycles. The van der Waals surface area contributed by atoms with Crippen molar-refractivity contribution in [3.05, 3.63) is 28.3 Å². The first-order valence-electron chi connectivity index (χ1n) is 9.42. The number of sulfonamides is 1. The molecule has 150 valence electrons. The van der Waals surface area contributed by atoms with Crippen molar-refractivity contribution >= 4 is 16.1 Å². The van der Waals surface area contributed by atoms with Gasteiger partial charge in [0.1, 0.15) is 0 Å². The molecule has 3 rings (SSSR count). The summed E-state index contributed by atoms with van der Waals surface area (Å²) >= 11 is 0. The van der Waals surface area contributed by atoms with E-state index in [-0.39, 0.29) is 6.03 Å². The molecule has 0 saturated carbocycles. The summed E-state index contributed by atoms with van der Waals surface area (Å²) in [5, 5.41) is 0. The van der Waals surface area contributed by atoms with Crippen molar-refractivity contribution < 1.29 is 17.9 Å². The smallest absolute Gasteiger partial charge is 0.320 e. The lowest BCUT2D eigenvalue weighted by atomic mass is 10.0. The molecular weight excluding hydrogens is 366 g/mol. The topological polar surface area (TPSA) is 70.2 Å². The molecule has 2 fully saturated rings. The highest BCUT2D eigenvalue weighted by atomic mass is 32.2. The third-order valence-electron chi connectivity index (χ3n) is 5.69. The predicted molar refractivity (Wildman–Crippen MR) is 104 cm³/mol. The Morgan fingerprint density at radius 1 is 0.852 bits per heavy atom. The van der Waals surface area contributed by atoms with Crippen molar-refractivity contribution in [1.29, 1.82) is 0 Å². The van der Waals surface area contributed by atoms with Gasteiger partial charge in [-0.05, 0) is 49.9 Å². The number of nitrogens with zero attached hydrogens (tertiary/aromatic N) is 3. The molecule has 1 aromatic carbocycles. The largest absolute Gasteiger partial charge is 0.378 e. The summed E-state index contributed by atoms with van der Waals surface area (Å²) in [5.74, 6) is 0. The molecule has 0 aliphatic carbocycles. The van der Waals surface area contributed by atoms with E-state index in [0.717, 1.165) is 22.3 Å². The number of piperazine rings is 1. The van der Waals surface area contributed by atoms with Crippen LogP contribution >= 0.6 is 0 Å². The second kappa shape index (κ2) is 7.77. The Bertz CT molecular complexity index is 798. The van der Waals surface area contributed by atoms with Crippen LogP contribution in [0.25, 0.3) is 0 Å². The summed E-state index contributed by atoms with van der Waals surface area (Å²) in [4.78, 5) is 16.6. The summed E-state index contributed by atoms with van der Waals surface area (Å²) in [5.41, 5.74) is 3.59. The maximum atomic E-state index is 13.3. The lowest BCUT2D eigenvalue weighted by molar-refractivity contribution is 0.0405. The van der Waals surface area contributed by atoms with Crippen molar-refractivity contribution in [3.63, 3.8) is 0 Å². The number of amides is 2. The van der Waals surface area contributed by atoms with Gasteiger partial charge in [0.15, 0.2) is 0 Å². The number of ether oxygens (including phenoxy) is 1. The van der Waals surface area contributed by atoms with Gasteiger partial charge in [0, 0.05) is 39.3 Å². The Hall–Kier alpha value is -1.64. The Morgan fingerprint density at radius 2 is 1.33 bits per heavy atom. The molecule has 2 heterocycles. The molecule has 7 nitrogen and oxygen atoms in total. The van der Waals surface area contributed by atoms with Gasteiger partial charge in [0.25, 0.3) is 0 Å². The number of aryl methyl sites for hydroxylation is 2. The number of carbonyl (C=O) groups excluding carboxylic acids is 1. The summed E-state index contributed by atoms with van der Waals surface area (Å²) in [7, 11) is -3.58. The van der Waals surface area contributed by atoms with Crippen LogP contribution in [0.15, 0.2) is 11.0 Å². The highest BCUT2D eigenvalue weighted by Gasteiger charge is 2.34. The number of carbonyl (C=O) groups is 1. The van der Waals surface area contributed by atoms with E-state index in [1.54, 1.807) is 9.80 Å². The molecule has 2 aliphatic heterocycles. The lowest BCUT2D eigenvalue weighted by Gasteiger charge is -2.38. The number of benzene rings is 1. The van der Waals surface area contributed by atoms with E-state index < -0.39 is 10.0 Å². The highest BCUT2D eigenvalue weighted by molar-refractivity contribution is 7.89. The van der Waals surface area contributed by atoms with Crippen LogP contribution in [0.1, 0.15) is 22.3 Å². The quantitative estimate of drug-likeness (QED) is 0.764. The fraction of sp³-hybridized carbons (Fsp3) is 0.632. The van der Waals surface area contributed by atoms with Gasteiger partial charge in [-0.1, -0.05) is 6.07 Å². The fourth-order valence-corrected chi connectivity index (χ4v) is 5.77. The average Bonchev–Trinajstić information content (AvgIpc) is 2.66. The maximum Gasteiger partial charge on any atom is 0.320 e. The van der Waals surface area contributed by atoms with Gasteiger partial charge >= 0.3 is 6.03 Å². The van der Waals surface area contributed by atoms with E-state index in [4.69, 9.17) is 4.74 Å². The molecule has 8 heteroatoms. The van der Waals surface area contributed by atoms with E-state index in [9.17, 15) is 13.2 Å². The molecule has 0 radical (unpaired) electrons. The van der Waals surface area contributed by atoms with E-state index >= 15 is 0 Å². The van der Waals surface area contributed by atoms with Crippen LogP contribution in [0.5, 0.6) is 0 Å². The molecule has 2 saturated heterocycles. The first-order valence-corrected chi connectivity index (χ1v) is 10.9. The average molecular weight is 396 g/mol. The summed E-state index contributed by atoms with van der Waals surface area (Å²) in [6.45, 7) is 11.4. The number of rotatable bonds is 2. The second-order valence-electron chi connectivity index (χ2n) is 7.36. The Balaban J connectivity index is 1.75. The first kappa shape index (κ1) is 20.1. The van der Waals surface area contributed by atoms with Gasteiger partial charge in [0.05, 0.1) is 18.1 Å². The minimum absolute atomic E-state index is 0.0193. The van der Waals surface area contributed by atoms with Crippen LogP contribution in [0, 0.1) is 27.7 Å². The summed E-state index contributed by atoms with van der Waals surface area (Å²) < 4.78 is 33.4. The highest BCUT2D eigenvalue weighted by Crippen LogP contribution is 2.29. The first-order chi connectivity index (χ1) is 12.7. The Labute approximate surface area is 161 Å². The van der Waals surface area contributed by atoms with Crippen molar-refractivity contribution in [2.45, 2.75) is 32.6 Å². The van der Waals surface area contributed by atoms with Crippen molar-refractivity contribution in [2.75, 3.05) is 52.5 Å². The van der Waals surface area contributed by atoms with Gasteiger partial charge in [-0.25, -0.2) is 13.2 Å². The monoisotopic (exact) mass is 395 g/mol. The molecule has 2 aliphatic rings. The van der Waals surface area contributed by atoms with E-state index in [0.29, 0.717) is 57.4 Å². The number of morpholine rings is 1. The van der Waals surface area contributed by atoms with Crippen LogP contribution in [0.4, 0.5) is 4.79 Å². The van der Waals surface area contributed by atoms with Crippen molar-refractivity contribution in [1.82, 2.24) is 14.1 Å². The van der Waals surface area contributed by atoms with Gasteiger partial charge in [-0.15, -0.1) is 0 Å². The predicted octanol–water partition coefficient (Wildman–Crippen LogP) is 1.68. The summed E-state index contributed by atoms with van der Waals surface area (Å²) in [6.07, 6.45) is 0. The minimum atomic E-state index is -3.58. The molecule has 27 heavy (non-hydrogen) atoms. The van der Waals surface area contributed by atoms with Gasteiger partial charge in [-0.2, -0.15) is 4.31 Å². The third-order valence-corrected chi connectivity index (χ3v) is 7.86. The zero-order valence-corrected chi connectivity index (χ0v) is 17.4. The van der Waals surface area contributed by atoms with Crippen LogP contribution in [-0.4, -0.2) is 81.0 Å². The van der Waals surface area contributed by atoms with Gasteiger partial charge < -0.3 is 14.5 Å². The van der Waals surface area contributed by atoms with Crippen LogP contribution in [0.2, 0.25) is 0 Å². The van der Waals surface area contributed by atoms with E-state index in [1.165, 1.54) is 4.31 Å². The standard InChI is InChI=1S/C19H29N3O4S/c1-14-13-15(2)17(4)18(16(14)3)27(24,25)22-7-5-20(6-8-22)19(23)21-9-11-26-12-10-21/h13H,5-12H2,1-4H3. The maximum absolute atomic E-state index is 13.3. The number of hydrogen-bond acceptors (Lipinski definition) is 4. The zero-order chi connectivity index (χ0) is 19.8. The van der Waals surface area contributed by atoms with Crippen molar-refractivity contribution in [2.24, 2.45) is 0 Å². The zero-order valence-electron chi connectivity index (χ0n) is 16.6. The Morgan fingerprint density at radius 3 is 1.85 bits per heavy atom. The normalized spacial score (nSPS) is 19.4. The molecule has 0 spiro atoms. The third kappa shape index (κ3) is 3.83. The molecule has 0 atom stereocenters. The van der Waals surface area contributed by atoms with Crippen LogP contribution in [0.3, 0.4) is 0 Å². The molecule has 2 amide bonds. The second-order valence-corrected chi connectivity index (χ2v) is 9.24. The molecule has 0 bridgehead atoms. The van der Waals surface area contributed by atoms with Gasteiger partial charge in [-0.3, -0.25) is 0 Å². The van der Waals surface area contributed by atoms with E-state index in [1.807, 2.05) is 33.8 Å². The molecular formula is C19H29N3O4S. The SMILES string of the molecule is Cc1cc(C)c(C)c(S(=O)(=O)N2CCN(C(=O)N3CCOCC3)CC2)c1C. The van der Waals surface area contributed by atoms with Crippen LogP contribution < -0.4 is 0 Å². The van der Waals surface area contributed by atoms with Gasteiger partial charge in [0.2, 0.25) is 10.0 Å². The number of urea groups is 1. The molecule has 1 aromatic rings. The fourth-order valence-electron chi connectivity index (χ4n) is 3.77. The van der Waals surface area contributed by atoms with Crippen molar-refractivity contribution in [3.8, 4) is 0 Å². The minimum Gasteiger partial charge on any atom is -0.378 e.